The van der Waals surface area contributed by atoms with Crippen LogP contribution in [0.5, 0.6) is 0 Å². The molecule has 0 saturated carbocycles. The number of piperidine rings is 1. The molecule has 1 fully saturated rings. The van der Waals surface area contributed by atoms with Crippen molar-refractivity contribution < 1.29 is 4.79 Å². The average Bonchev–Trinajstić information content (AvgIpc) is 3.29. The molecule has 0 aliphatic carbocycles. The third-order valence-electron chi connectivity index (χ3n) is 6.84. The molecule has 1 saturated heterocycles. The van der Waals surface area contributed by atoms with Crippen molar-refractivity contribution in [2.45, 2.75) is 38.3 Å². The molecule has 5 rings (SSSR count). The van der Waals surface area contributed by atoms with Gasteiger partial charge >= 0.3 is 0 Å². The number of fused-ring (bicyclic) bond motifs is 1. The molecule has 1 aromatic heterocycles. The summed E-state index contributed by atoms with van der Waals surface area (Å²) in [5.74, 6) is 0.765. The molecule has 2 aliphatic heterocycles. The molecule has 0 radical (unpaired) electrons. The van der Waals surface area contributed by atoms with Gasteiger partial charge in [0.25, 0.3) is 0 Å². The fourth-order valence-corrected chi connectivity index (χ4v) is 5.22. The maximum absolute atomic E-state index is 12.8. The summed E-state index contributed by atoms with van der Waals surface area (Å²) >= 11 is 0. The van der Waals surface area contributed by atoms with Crippen LogP contribution in [0.4, 0.5) is 0 Å². The number of H-pyrrole nitrogens is 1. The largest absolute Gasteiger partial charge is 0.348 e. The fourth-order valence-electron chi connectivity index (χ4n) is 5.22. The normalized spacial score (nSPS) is 19.9. The second-order valence-electron chi connectivity index (χ2n) is 8.80. The Morgan fingerprint density at radius 3 is 2.32 bits per heavy atom. The maximum Gasteiger partial charge on any atom is 0.226 e. The number of hydrogen-bond acceptors (Lipinski definition) is 3. The number of aromatic nitrogens is 2. The van der Waals surface area contributed by atoms with Gasteiger partial charge in [-0.2, -0.15) is 0 Å². The highest BCUT2D eigenvalue weighted by molar-refractivity contribution is 5.78. The van der Waals surface area contributed by atoms with Crippen molar-refractivity contribution in [3.63, 3.8) is 0 Å². The van der Waals surface area contributed by atoms with Crippen LogP contribution in [0.1, 0.15) is 41.4 Å². The van der Waals surface area contributed by atoms with Crippen LogP contribution in [-0.4, -0.2) is 45.3 Å². The van der Waals surface area contributed by atoms with E-state index in [0.29, 0.717) is 18.4 Å². The van der Waals surface area contributed by atoms with Gasteiger partial charge in [-0.15, -0.1) is 0 Å². The summed E-state index contributed by atoms with van der Waals surface area (Å²) in [5.41, 5.74) is 4.95. The highest BCUT2D eigenvalue weighted by atomic mass is 16.2. The first-order chi connectivity index (χ1) is 15.3. The second kappa shape index (κ2) is 9.06. The Morgan fingerprint density at radius 2 is 1.61 bits per heavy atom. The van der Waals surface area contributed by atoms with Gasteiger partial charge in [0.15, 0.2) is 0 Å². The molecule has 1 amide bonds. The van der Waals surface area contributed by atoms with E-state index in [9.17, 15) is 4.79 Å². The van der Waals surface area contributed by atoms with E-state index < -0.39 is 0 Å². The zero-order valence-corrected chi connectivity index (χ0v) is 17.9. The summed E-state index contributed by atoms with van der Waals surface area (Å²) in [6.07, 6.45) is 5.43. The number of carbonyl (C=O) groups is 1. The molecule has 31 heavy (non-hydrogen) atoms. The van der Waals surface area contributed by atoms with Crippen molar-refractivity contribution in [2.24, 2.45) is 5.92 Å². The summed E-state index contributed by atoms with van der Waals surface area (Å²) in [5, 5.41) is 0. The van der Waals surface area contributed by atoms with E-state index in [1.807, 2.05) is 36.7 Å². The van der Waals surface area contributed by atoms with Crippen LogP contribution in [0.15, 0.2) is 67.0 Å². The van der Waals surface area contributed by atoms with E-state index in [2.05, 4.69) is 45.1 Å². The minimum atomic E-state index is 0.245. The van der Waals surface area contributed by atoms with Crippen LogP contribution in [0.2, 0.25) is 0 Å². The van der Waals surface area contributed by atoms with Crippen molar-refractivity contribution in [1.29, 1.82) is 0 Å². The minimum absolute atomic E-state index is 0.245. The summed E-state index contributed by atoms with van der Waals surface area (Å²) in [4.78, 5) is 25.6. The monoisotopic (exact) mass is 414 g/mol. The molecule has 5 heteroatoms. The molecule has 1 atom stereocenters. The van der Waals surface area contributed by atoms with Gasteiger partial charge in [0.1, 0.15) is 0 Å². The number of amides is 1. The number of carbonyl (C=O) groups excluding carboxylic acids is 1. The van der Waals surface area contributed by atoms with Gasteiger partial charge in [-0.3, -0.25) is 9.69 Å². The van der Waals surface area contributed by atoms with Crippen LogP contribution < -0.4 is 0 Å². The van der Waals surface area contributed by atoms with Crippen LogP contribution in [0, 0.1) is 5.92 Å². The molecule has 0 bridgehead atoms. The predicted octanol–water partition coefficient (Wildman–Crippen LogP) is 3.99. The van der Waals surface area contributed by atoms with Crippen LogP contribution in [0.3, 0.4) is 0 Å². The third-order valence-corrected chi connectivity index (χ3v) is 6.84. The first kappa shape index (κ1) is 20.0. The number of hydrogen-bond donors (Lipinski definition) is 1. The zero-order chi connectivity index (χ0) is 21.0. The molecule has 2 aliphatic rings. The van der Waals surface area contributed by atoms with Crippen molar-refractivity contribution in [3.8, 4) is 0 Å². The number of rotatable bonds is 5. The molecule has 2 aromatic carbocycles. The Labute approximate surface area is 184 Å². The number of aromatic amines is 1. The van der Waals surface area contributed by atoms with Crippen LogP contribution in [-0.2, 0) is 24.2 Å². The Kier molecular flexibility index (Phi) is 5.85. The van der Waals surface area contributed by atoms with Gasteiger partial charge in [-0.25, -0.2) is 4.98 Å². The van der Waals surface area contributed by atoms with Gasteiger partial charge in [-0.05, 0) is 29.9 Å². The van der Waals surface area contributed by atoms with Crippen molar-refractivity contribution in [3.05, 3.63) is 89.5 Å². The summed E-state index contributed by atoms with van der Waals surface area (Å²) < 4.78 is 0. The number of benzene rings is 2. The Balaban J connectivity index is 1.27. The lowest BCUT2D eigenvalue weighted by Gasteiger charge is -2.43. The maximum atomic E-state index is 12.8. The van der Waals surface area contributed by atoms with Crippen LogP contribution >= 0.6 is 0 Å². The highest BCUT2D eigenvalue weighted by Gasteiger charge is 2.37. The average molecular weight is 415 g/mol. The summed E-state index contributed by atoms with van der Waals surface area (Å²) in [6.45, 7) is 3.67. The SMILES string of the molecule is O=C(Cc1ccccc1)N1CCC(C2c3nc[nH]c3CCN2Cc2ccccc2)CC1. The zero-order valence-electron chi connectivity index (χ0n) is 17.9. The summed E-state index contributed by atoms with van der Waals surface area (Å²) in [7, 11) is 0. The molecule has 1 N–H and O–H groups in total. The fraction of sp³-hybridized carbons (Fsp3) is 0.385. The smallest absolute Gasteiger partial charge is 0.226 e. The van der Waals surface area contributed by atoms with Gasteiger partial charge in [0.2, 0.25) is 5.91 Å². The Bertz CT molecular complexity index is 993. The number of imidazole rings is 1. The van der Waals surface area contributed by atoms with Crippen molar-refractivity contribution in [2.75, 3.05) is 19.6 Å². The molecule has 1 unspecified atom stereocenters. The van der Waals surface area contributed by atoms with Crippen molar-refractivity contribution >= 4 is 5.91 Å². The number of nitrogens with zero attached hydrogens (tertiary/aromatic N) is 3. The lowest BCUT2D eigenvalue weighted by atomic mass is 9.83. The number of nitrogens with one attached hydrogen (secondary N) is 1. The molecular formula is C26H30N4O. The minimum Gasteiger partial charge on any atom is -0.348 e. The molecular weight excluding hydrogens is 384 g/mol. The van der Waals surface area contributed by atoms with E-state index in [1.165, 1.54) is 17.0 Å². The standard InChI is InChI=1S/C26H30N4O/c31-24(17-20-7-3-1-4-8-20)29-14-11-22(12-15-29)26-25-23(27-19-28-25)13-16-30(26)18-21-9-5-2-6-10-21/h1-10,19,22,26H,11-18H2,(H,27,28). The van der Waals surface area contributed by atoms with E-state index in [4.69, 9.17) is 4.98 Å². The highest BCUT2D eigenvalue weighted by Crippen LogP contribution is 2.39. The topological polar surface area (TPSA) is 52.2 Å². The molecule has 3 aromatic rings. The Morgan fingerprint density at radius 1 is 0.935 bits per heavy atom. The predicted molar refractivity (Wildman–Crippen MR) is 121 cm³/mol. The first-order valence-electron chi connectivity index (χ1n) is 11.4. The van der Waals surface area contributed by atoms with E-state index in [0.717, 1.165) is 51.0 Å². The van der Waals surface area contributed by atoms with E-state index >= 15 is 0 Å². The Hall–Kier alpha value is -2.92. The van der Waals surface area contributed by atoms with Crippen molar-refractivity contribution in [1.82, 2.24) is 19.8 Å². The van der Waals surface area contributed by atoms with E-state index in [1.54, 1.807) is 0 Å². The molecule has 5 nitrogen and oxygen atoms in total. The quantitative estimate of drug-likeness (QED) is 0.687. The lowest BCUT2D eigenvalue weighted by molar-refractivity contribution is -0.132. The van der Waals surface area contributed by atoms with Gasteiger partial charge < -0.3 is 9.88 Å². The van der Waals surface area contributed by atoms with Gasteiger partial charge in [0, 0.05) is 38.3 Å². The van der Waals surface area contributed by atoms with E-state index in [-0.39, 0.29) is 5.91 Å². The van der Waals surface area contributed by atoms with Gasteiger partial charge in [0.05, 0.1) is 24.5 Å². The first-order valence-corrected chi connectivity index (χ1v) is 11.4. The third kappa shape index (κ3) is 4.42. The lowest BCUT2D eigenvalue weighted by Crippen LogP contribution is -2.45. The molecule has 3 heterocycles. The van der Waals surface area contributed by atoms with Gasteiger partial charge in [-0.1, -0.05) is 60.7 Å². The van der Waals surface area contributed by atoms with Crippen LogP contribution in [0.25, 0.3) is 0 Å². The summed E-state index contributed by atoms with van der Waals surface area (Å²) in [6, 6.07) is 21.1. The number of likely N-dealkylation sites (tertiary alicyclic amines) is 1. The molecule has 160 valence electrons. The molecule has 0 spiro atoms. The second-order valence-corrected chi connectivity index (χ2v) is 8.80.